The van der Waals surface area contributed by atoms with Gasteiger partial charge in [-0.25, -0.2) is 0 Å². The molecule has 0 aromatic heterocycles. The summed E-state index contributed by atoms with van der Waals surface area (Å²) in [6.45, 7) is 6.84. The van der Waals surface area contributed by atoms with Gasteiger partial charge in [-0.1, -0.05) is 12.1 Å². The van der Waals surface area contributed by atoms with E-state index in [1.807, 2.05) is 25.1 Å². The van der Waals surface area contributed by atoms with Crippen LogP contribution in [-0.4, -0.2) is 65.5 Å². The first-order chi connectivity index (χ1) is 11.2. The van der Waals surface area contributed by atoms with E-state index in [2.05, 4.69) is 16.3 Å². The first-order valence-electron chi connectivity index (χ1n) is 8.16. The van der Waals surface area contributed by atoms with Crippen LogP contribution in [0.4, 0.5) is 5.69 Å². The Hall–Kier alpha value is -1.79. The number of piperazine rings is 1. The minimum absolute atomic E-state index is 0.0355. The molecule has 0 spiro atoms. The SMILES string of the molecule is COCCNC(=O)[C@H](C)[NH+]1CCN(c2ccccc2OC)CC1. The van der Waals surface area contributed by atoms with Gasteiger partial charge in [0.2, 0.25) is 0 Å². The van der Waals surface area contributed by atoms with E-state index in [1.54, 1.807) is 14.2 Å². The van der Waals surface area contributed by atoms with Gasteiger partial charge in [-0.2, -0.15) is 0 Å². The van der Waals surface area contributed by atoms with E-state index in [0.717, 1.165) is 37.6 Å². The molecule has 1 aromatic rings. The van der Waals surface area contributed by atoms with Crippen molar-refractivity contribution < 1.29 is 19.2 Å². The van der Waals surface area contributed by atoms with Crippen LogP contribution in [0.15, 0.2) is 24.3 Å². The number of ether oxygens (including phenoxy) is 2. The standard InChI is InChI=1S/C17H27N3O3/c1-14(17(21)18-8-13-22-2)19-9-11-20(12-10-19)15-6-4-5-7-16(15)23-3/h4-7,14H,8-13H2,1-3H3,(H,18,21)/p+1/t14-/m0/s1. The summed E-state index contributed by atoms with van der Waals surface area (Å²) in [6.07, 6.45) is 0. The Morgan fingerprint density at radius 2 is 2.00 bits per heavy atom. The molecule has 23 heavy (non-hydrogen) atoms. The molecule has 0 unspecified atom stereocenters. The fraction of sp³-hybridized carbons (Fsp3) is 0.588. The largest absolute Gasteiger partial charge is 0.495 e. The Bertz CT molecular complexity index is 502. The third-order valence-corrected chi connectivity index (χ3v) is 4.44. The van der Waals surface area contributed by atoms with Gasteiger partial charge in [0.15, 0.2) is 6.04 Å². The number of carbonyl (C=O) groups is 1. The van der Waals surface area contributed by atoms with E-state index in [4.69, 9.17) is 9.47 Å². The quantitative estimate of drug-likeness (QED) is 0.668. The summed E-state index contributed by atoms with van der Waals surface area (Å²) in [5.41, 5.74) is 1.13. The first-order valence-corrected chi connectivity index (χ1v) is 8.16. The molecule has 2 N–H and O–H groups in total. The van der Waals surface area contributed by atoms with Crippen molar-refractivity contribution in [1.29, 1.82) is 0 Å². The number of para-hydroxylation sites is 2. The van der Waals surface area contributed by atoms with Crippen LogP contribution in [0.2, 0.25) is 0 Å². The van der Waals surface area contributed by atoms with Crippen LogP contribution in [0.25, 0.3) is 0 Å². The summed E-state index contributed by atoms with van der Waals surface area (Å²) >= 11 is 0. The predicted octanol–water partition coefficient (Wildman–Crippen LogP) is -0.449. The van der Waals surface area contributed by atoms with Crippen molar-refractivity contribution in [3.05, 3.63) is 24.3 Å². The fourth-order valence-electron chi connectivity index (χ4n) is 2.97. The van der Waals surface area contributed by atoms with Crippen molar-refractivity contribution in [3.8, 4) is 5.75 Å². The van der Waals surface area contributed by atoms with Crippen LogP contribution in [0.5, 0.6) is 5.75 Å². The number of carbonyl (C=O) groups excluding carboxylic acids is 1. The smallest absolute Gasteiger partial charge is 0.278 e. The molecule has 1 saturated heterocycles. The van der Waals surface area contributed by atoms with Gasteiger partial charge in [0.05, 0.1) is 45.6 Å². The summed E-state index contributed by atoms with van der Waals surface area (Å²) in [5.74, 6) is 1.00. The van der Waals surface area contributed by atoms with E-state index in [0.29, 0.717) is 13.2 Å². The number of nitrogens with zero attached hydrogens (tertiary/aromatic N) is 1. The lowest BCUT2D eigenvalue weighted by molar-refractivity contribution is -0.914. The van der Waals surface area contributed by atoms with E-state index in [1.165, 1.54) is 4.90 Å². The Morgan fingerprint density at radius 1 is 1.30 bits per heavy atom. The number of quaternary nitrogens is 1. The molecule has 6 nitrogen and oxygen atoms in total. The number of rotatable bonds is 7. The van der Waals surface area contributed by atoms with Crippen molar-refractivity contribution in [2.75, 3.05) is 58.5 Å². The van der Waals surface area contributed by atoms with Crippen molar-refractivity contribution in [2.24, 2.45) is 0 Å². The lowest BCUT2D eigenvalue weighted by Crippen LogP contribution is -3.19. The predicted molar refractivity (Wildman–Crippen MR) is 90.3 cm³/mol. The molecule has 0 bridgehead atoms. The molecule has 1 aromatic carbocycles. The highest BCUT2D eigenvalue weighted by Gasteiger charge is 2.29. The third kappa shape index (κ3) is 4.59. The van der Waals surface area contributed by atoms with Crippen LogP contribution >= 0.6 is 0 Å². The number of hydrogen-bond acceptors (Lipinski definition) is 4. The lowest BCUT2D eigenvalue weighted by Gasteiger charge is -2.36. The summed E-state index contributed by atoms with van der Waals surface area (Å²) in [5, 5.41) is 2.92. The average molecular weight is 322 g/mol. The Kier molecular flexibility index (Phi) is 6.67. The van der Waals surface area contributed by atoms with Crippen molar-refractivity contribution in [1.82, 2.24) is 5.32 Å². The number of hydrogen-bond donors (Lipinski definition) is 2. The highest BCUT2D eigenvalue weighted by molar-refractivity contribution is 5.79. The fourth-order valence-corrected chi connectivity index (χ4v) is 2.97. The topological polar surface area (TPSA) is 55.2 Å². The summed E-state index contributed by atoms with van der Waals surface area (Å²) in [6, 6.07) is 8.05. The van der Waals surface area contributed by atoms with Crippen LogP contribution in [0, 0.1) is 0 Å². The zero-order chi connectivity index (χ0) is 16.7. The molecule has 1 atom stereocenters. The van der Waals surface area contributed by atoms with Gasteiger partial charge in [-0.05, 0) is 19.1 Å². The van der Waals surface area contributed by atoms with E-state index < -0.39 is 0 Å². The van der Waals surface area contributed by atoms with Crippen LogP contribution < -0.4 is 19.9 Å². The van der Waals surface area contributed by atoms with E-state index in [-0.39, 0.29) is 11.9 Å². The summed E-state index contributed by atoms with van der Waals surface area (Å²) in [4.78, 5) is 15.8. The van der Waals surface area contributed by atoms with E-state index >= 15 is 0 Å². The molecule has 0 saturated carbocycles. The highest BCUT2D eigenvalue weighted by Crippen LogP contribution is 2.27. The minimum Gasteiger partial charge on any atom is -0.495 e. The van der Waals surface area contributed by atoms with E-state index in [9.17, 15) is 4.79 Å². The second kappa shape index (κ2) is 8.74. The molecule has 2 rings (SSSR count). The van der Waals surface area contributed by atoms with Crippen LogP contribution in [0.3, 0.4) is 0 Å². The monoisotopic (exact) mass is 322 g/mol. The second-order valence-electron chi connectivity index (χ2n) is 5.82. The van der Waals surface area contributed by atoms with Crippen molar-refractivity contribution in [2.45, 2.75) is 13.0 Å². The maximum atomic E-state index is 12.1. The van der Waals surface area contributed by atoms with Crippen molar-refractivity contribution >= 4 is 11.6 Å². The maximum absolute atomic E-state index is 12.1. The van der Waals surface area contributed by atoms with Gasteiger partial charge in [-0.3, -0.25) is 4.79 Å². The Balaban J connectivity index is 1.87. The molecule has 1 heterocycles. The third-order valence-electron chi connectivity index (χ3n) is 4.44. The molecule has 1 amide bonds. The Labute approximate surface area is 138 Å². The zero-order valence-electron chi connectivity index (χ0n) is 14.3. The molecule has 128 valence electrons. The van der Waals surface area contributed by atoms with Gasteiger partial charge < -0.3 is 24.6 Å². The number of benzene rings is 1. The molecule has 1 aliphatic heterocycles. The number of nitrogens with one attached hydrogen (secondary N) is 2. The summed E-state index contributed by atoms with van der Waals surface area (Å²) < 4.78 is 10.4. The van der Waals surface area contributed by atoms with Gasteiger partial charge in [0.1, 0.15) is 5.75 Å². The molecular formula is C17H28N3O3+. The second-order valence-corrected chi connectivity index (χ2v) is 5.82. The number of amides is 1. The maximum Gasteiger partial charge on any atom is 0.278 e. The first kappa shape index (κ1) is 17.6. The summed E-state index contributed by atoms with van der Waals surface area (Å²) in [7, 11) is 3.34. The molecule has 0 aliphatic carbocycles. The van der Waals surface area contributed by atoms with Crippen LogP contribution in [-0.2, 0) is 9.53 Å². The van der Waals surface area contributed by atoms with Crippen LogP contribution in [0.1, 0.15) is 6.92 Å². The highest BCUT2D eigenvalue weighted by atomic mass is 16.5. The van der Waals surface area contributed by atoms with Gasteiger partial charge in [0.25, 0.3) is 5.91 Å². The zero-order valence-corrected chi connectivity index (χ0v) is 14.3. The molecular weight excluding hydrogens is 294 g/mol. The number of methoxy groups -OCH3 is 2. The molecule has 1 fully saturated rings. The van der Waals surface area contributed by atoms with Gasteiger partial charge in [0, 0.05) is 13.7 Å². The average Bonchev–Trinajstić information content (AvgIpc) is 2.61. The lowest BCUT2D eigenvalue weighted by atomic mass is 10.2. The van der Waals surface area contributed by atoms with Gasteiger partial charge >= 0.3 is 0 Å². The Morgan fingerprint density at radius 3 is 2.65 bits per heavy atom. The van der Waals surface area contributed by atoms with Gasteiger partial charge in [-0.15, -0.1) is 0 Å². The normalized spacial score (nSPS) is 16.9. The molecule has 1 aliphatic rings. The number of anilines is 1. The van der Waals surface area contributed by atoms with Crippen molar-refractivity contribution in [3.63, 3.8) is 0 Å². The molecule has 0 radical (unpaired) electrons. The molecule has 6 heteroatoms. The minimum atomic E-state index is -0.0355.